The molecule has 10 heteroatoms. The molecule has 0 bridgehead atoms. The topological polar surface area (TPSA) is 99.9 Å². The van der Waals surface area contributed by atoms with Crippen LogP contribution in [0.1, 0.15) is 83.3 Å². The van der Waals surface area contributed by atoms with Crippen LogP contribution >= 0.6 is 0 Å². The molecular formula is C24H34F2N2O6. The lowest BCUT2D eigenvalue weighted by molar-refractivity contribution is -0.757. The zero-order valence-corrected chi connectivity index (χ0v) is 20.2. The molecule has 1 amide bonds. The Labute approximate surface area is 198 Å². The van der Waals surface area contributed by atoms with Gasteiger partial charge in [-0.3, -0.25) is 0 Å². The fraction of sp³-hybridized carbons (Fsp3) is 0.625. The van der Waals surface area contributed by atoms with Crippen LogP contribution in [-0.2, 0) is 10.8 Å². The van der Waals surface area contributed by atoms with Gasteiger partial charge in [0.1, 0.15) is 18.1 Å². The van der Waals surface area contributed by atoms with Gasteiger partial charge in [-0.25, -0.2) is 13.6 Å². The van der Waals surface area contributed by atoms with E-state index >= 15 is 8.78 Å². The summed E-state index contributed by atoms with van der Waals surface area (Å²) in [7, 11) is 0. The molecule has 8 nitrogen and oxygen atoms in total. The Hall–Kier alpha value is -2.91. The number of amides is 1. The molecule has 0 aromatic heterocycles. The number of rotatable bonds is 12. The van der Waals surface area contributed by atoms with Crippen LogP contribution in [0, 0.1) is 10.1 Å². The van der Waals surface area contributed by atoms with E-state index in [0.717, 1.165) is 18.4 Å². The molecule has 34 heavy (non-hydrogen) atoms. The van der Waals surface area contributed by atoms with Crippen molar-refractivity contribution in [2.24, 2.45) is 0 Å². The largest absolute Gasteiger partial charge is 0.491 e. The van der Waals surface area contributed by atoms with Crippen molar-refractivity contribution in [2.45, 2.75) is 84.2 Å². The molecule has 0 saturated carbocycles. The molecule has 0 spiro atoms. The lowest BCUT2D eigenvalue weighted by Crippen LogP contribution is -2.31. The van der Waals surface area contributed by atoms with E-state index < -0.39 is 17.1 Å². The van der Waals surface area contributed by atoms with Gasteiger partial charge in [-0.05, 0) is 64.5 Å². The molecule has 1 unspecified atom stereocenters. The van der Waals surface area contributed by atoms with E-state index in [1.54, 1.807) is 13.8 Å². The number of nitrogens with one attached hydrogen (secondary N) is 1. The van der Waals surface area contributed by atoms with Crippen LogP contribution in [0.5, 0.6) is 11.5 Å². The first-order chi connectivity index (χ1) is 16.0. The maximum Gasteiger partial charge on any atom is 0.412 e. The highest BCUT2D eigenvalue weighted by molar-refractivity contribution is 5.72. The molecule has 1 aromatic carbocycles. The summed E-state index contributed by atoms with van der Waals surface area (Å²) in [6, 6.07) is 2.59. The molecule has 1 aliphatic rings. The SMILES string of the molecule is CCCCC(F)(F)c1cc(OC(=O)NCCO[N+](=O)[O-])c(C2CCC=C(C)C2)c(OC(C)C)c1. The lowest BCUT2D eigenvalue weighted by Gasteiger charge is -2.28. The summed E-state index contributed by atoms with van der Waals surface area (Å²) in [6.45, 7) is 6.92. The molecule has 1 N–H and O–H groups in total. The van der Waals surface area contributed by atoms with Gasteiger partial charge in [0.05, 0.1) is 6.10 Å². The highest BCUT2D eigenvalue weighted by atomic mass is 19.3. The summed E-state index contributed by atoms with van der Waals surface area (Å²) in [5.41, 5.74) is 1.47. The van der Waals surface area contributed by atoms with Crippen molar-refractivity contribution in [3.8, 4) is 11.5 Å². The maximum absolute atomic E-state index is 15.0. The lowest BCUT2D eigenvalue weighted by atomic mass is 9.82. The summed E-state index contributed by atoms with van der Waals surface area (Å²) in [5, 5.41) is 11.6. The Morgan fingerprint density at radius 3 is 2.65 bits per heavy atom. The van der Waals surface area contributed by atoms with E-state index in [-0.39, 0.29) is 48.7 Å². The fourth-order valence-corrected chi connectivity index (χ4v) is 3.95. The molecule has 0 aliphatic heterocycles. The average molecular weight is 485 g/mol. The van der Waals surface area contributed by atoms with Crippen molar-refractivity contribution in [3.63, 3.8) is 0 Å². The minimum absolute atomic E-state index is 0.0109. The fourth-order valence-electron chi connectivity index (χ4n) is 3.95. The summed E-state index contributed by atoms with van der Waals surface area (Å²) >= 11 is 0. The van der Waals surface area contributed by atoms with Crippen LogP contribution in [0.4, 0.5) is 13.6 Å². The molecule has 0 heterocycles. The van der Waals surface area contributed by atoms with Gasteiger partial charge in [-0.1, -0.05) is 25.0 Å². The highest BCUT2D eigenvalue weighted by Crippen LogP contribution is 2.47. The quantitative estimate of drug-likeness (QED) is 0.163. The molecule has 1 aromatic rings. The Bertz CT molecular complexity index is 888. The third-order valence-electron chi connectivity index (χ3n) is 5.49. The van der Waals surface area contributed by atoms with Crippen molar-refractivity contribution < 1.29 is 33.0 Å². The molecule has 1 atom stereocenters. The predicted octanol–water partition coefficient (Wildman–Crippen LogP) is 6.27. The summed E-state index contributed by atoms with van der Waals surface area (Å²) in [5.74, 6) is -2.91. The third-order valence-corrected chi connectivity index (χ3v) is 5.49. The molecule has 190 valence electrons. The third kappa shape index (κ3) is 8.14. The maximum atomic E-state index is 15.0. The normalized spacial score (nSPS) is 16.1. The van der Waals surface area contributed by atoms with Crippen molar-refractivity contribution in [3.05, 3.63) is 45.0 Å². The Balaban J connectivity index is 2.46. The number of ether oxygens (including phenoxy) is 2. The molecule has 0 saturated heterocycles. The summed E-state index contributed by atoms with van der Waals surface area (Å²) < 4.78 is 41.5. The van der Waals surface area contributed by atoms with Gasteiger partial charge < -0.3 is 19.6 Å². The van der Waals surface area contributed by atoms with Gasteiger partial charge in [0.25, 0.3) is 11.0 Å². The summed E-state index contributed by atoms with van der Waals surface area (Å²) in [4.78, 5) is 26.9. The van der Waals surface area contributed by atoms with Crippen molar-refractivity contribution >= 4 is 6.09 Å². The average Bonchev–Trinajstić information content (AvgIpc) is 2.74. The number of allylic oxidation sites excluding steroid dienone is 2. The second-order valence-electron chi connectivity index (χ2n) is 8.76. The first-order valence-electron chi connectivity index (χ1n) is 11.6. The standard InChI is InChI=1S/C24H34F2N2O6/c1-5-6-10-24(25,26)19-14-20(33-16(2)3)22(18-9-7-8-17(4)13-18)21(15-19)34-23(29)27-11-12-32-28(30)31/h8,14-16,18H,5-7,9-13H2,1-4H3,(H,27,29). The predicted molar refractivity (Wildman–Crippen MR) is 123 cm³/mol. The van der Waals surface area contributed by atoms with E-state index in [1.165, 1.54) is 12.1 Å². The van der Waals surface area contributed by atoms with E-state index in [1.807, 2.05) is 13.8 Å². The number of carbonyl (C=O) groups excluding carboxylic acids is 1. The van der Waals surface area contributed by atoms with Crippen LogP contribution < -0.4 is 14.8 Å². The van der Waals surface area contributed by atoms with Gasteiger partial charge in [-0.15, -0.1) is 10.1 Å². The first-order valence-corrected chi connectivity index (χ1v) is 11.6. The van der Waals surface area contributed by atoms with Gasteiger partial charge in [0.2, 0.25) is 0 Å². The minimum atomic E-state index is -3.12. The van der Waals surface area contributed by atoms with Crippen molar-refractivity contribution in [1.82, 2.24) is 5.32 Å². The smallest absolute Gasteiger partial charge is 0.412 e. The number of benzene rings is 1. The second kappa shape index (κ2) is 12.5. The zero-order chi connectivity index (χ0) is 25.3. The van der Waals surface area contributed by atoms with Crippen LogP contribution in [0.2, 0.25) is 0 Å². The number of halogens is 2. The van der Waals surface area contributed by atoms with Crippen LogP contribution in [0.25, 0.3) is 0 Å². The minimum Gasteiger partial charge on any atom is -0.491 e. The number of carbonyl (C=O) groups is 1. The Morgan fingerprint density at radius 1 is 1.32 bits per heavy atom. The molecule has 2 rings (SSSR count). The Kier molecular flexibility index (Phi) is 10.1. The van der Waals surface area contributed by atoms with E-state index in [0.29, 0.717) is 24.8 Å². The molecule has 0 radical (unpaired) electrons. The second-order valence-corrected chi connectivity index (χ2v) is 8.76. The highest BCUT2D eigenvalue weighted by Gasteiger charge is 2.35. The van der Waals surface area contributed by atoms with Gasteiger partial charge in [-0.2, -0.15) is 0 Å². The zero-order valence-electron chi connectivity index (χ0n) is 20.2. The Morgan fingerprint density at radius 2 is 2.03 bits per heavy atom. The van der Waals surface area contributed by atoms with Gasteiger partial charge in [0.15, 0.2) is 0 Å². The van der Waals surface area contributed by atoms with E-state index in [4.69, 9.17) is 9.47 Å². The summed E-state index contributed by atoms with van der Waals surface area (Å²) in [6.07, 6.45) is 3.83. The van der Waals surface area contributed by atoms with Gasteiger partial charge in [0, 0.05) is 24.1 Å². The van der Waals surface area contributed by atoms with E-state index in [9.17, 15) is 14.9 Å². The van der Waals surface area contributed by atoms with Crippen LogP contribution in [0.15, 0.2) is 23.8 Å². The number of unbranched alkanes of at least 4 members (excludes halogenated alkanes) is 1. The molecule has 0 fully saturated rings. The van der Waals surface area contributed by atoms with Crippen molar-refractivity contribution in [2.75, 3.05) is 13.2 Å². The van der Waals surface area contributed by atoms with Crippen LogP contribution in [-0.4, -0.2) is 30.4 Å². The molecule has 1 aliphatic carbocycles. The number of nitrogens with zero attached hydrogens (tertiary/aromatic N) is 1. The molecular weight excluding hydrogens is 450 g/mol. The number of hydrogen-bond acceptors (Lipinski definition) is 6. The monoisotopic (exact) mass is 484 g/mol. The van der Waals surface area contributed by atoms with E-state index in [2.05, 4.69) is 16.2 Å². The van der Waals surface area contributed by atoms with Crippen molar-refractivity contribution in [1.29, 1.82) is 0 Å². The number of hydrogen-bond donors (Lipinski definition) is 1. The van der Waals surface area contributed by atoms with Gasteiger partial charge >= 0.3 is 6.09 Å². The number of alkyl halides is 2. The van der Waals surface area contributed by atoms with Crippen LogP contribution in [0.3, 0.4) is 0 Å². The first kappa shape index (κ1) is 27.3.